The second kappa shape index (κ2) is 7.93. The monoisotopic (exact) mass is 298 g/mol. The van der Waals surface area contributed by atoms with E-state index in [1.807, 2.05) is 0 Å². The summed E-state index contributed by atoms with van der Waals surface area (Å²) in [6.07, 6.45) is 3.20. The lowest BCUT2D eigenvalue weighted by atomic mass is 9.96. The number of rotatable bonds is 6. The molecular formula is C15H20F2N2O2. The summed E-state index contributed by atoms with van der Waals surface area (Å²) in [5, 5.41) is 6.09. The first-order valence-corrected chi connectivity index (χ1v) is 7.19. The summed E-state index contributed by atoms with van der Waals surface area (Å²) >= 11 is 0. The van der Waals surface area contributed by atoms with Gasteiger partial charge in [-0.05, 0) is 50.4 Å². The summed E-state index contributed by atoms with van der Waals surface area (Å²) in [6.45, 7) is -0.372. The minimum Gasteiger partial charge on any atom is -0.434 e. The predicted molar refractivity (Wildman–Crippen MR) is 75.6 cm³/mol. The van der Waals surface area contributed by atoms with Gasteiger partial charge in [0, 0.05) is 6.54 Å². The number of alkyl halides is 2. The lowest BCUT2D eigenvalue weighted by Gasteiger charge is -2.22. The molecule has 0 radical (unpaired) electrons. The largest absolute Gasteiger partial charge is 0.434 e. The first-order chi connectivity index (χ1) is 10.2. The number of nitrogens with one attached hydrogen (secondary N) is 2. The molecule has 1 unspecified atom stereocenters. The molecule has 1 fully saturated rings. The van der Waals surface area contributed by atoms with Gasteiger partial charge in [0.1, 0.15) is 5.75 Å². The number of benzene rings is 1. The van der Waals surface area contributed by atoms with E-state index in [1.54, 1.807) is 12.1 Å². The average molecular weight is 298 g/mol. The molecule has 21 heavy (non-hydrogen) atoms. The molecule has 2 rings (SSSR count). The van der Waals surface area contributed by atoms with E-state index in [2.05, 4.69) is 15.4 Å². The summed E-state index contributed by atoms with van der Waals surface area (Å²) in [5.74, 6) is 0.0889. The summed E-state index contributed by atoms with van der Waals surface area (Å²) < 4.78 is 29.0. The van der Waals surface area contributed by atoms with Crippen LogP contribution in [0, 0.1) is 5.92 Å². The maximum Gasteiger partial charge on any atom is 0.387 e. The molecule has 1 heterocycles. The van der Waals surface area contributed by atoms with E-state index in [9.17, 15) is 13.6 Å². The van der Waals surface area contributed by atoms with Crippen molar-refractivity contribution in [3.8, 4) is 5.75 Å². The van der Waals surface area contributed by atoms with Gasteiger partial charge < -0.3 is 15.4 Å². The van der Waals surface area contributed by atoms with Crippen LogP contribution in [0.15, 0.2) is 24.3 Å². The molecule has 1 amide bonds. The van der Waals surface area contributed by atoms with Crippen LogP contribution in [0.2, 0.25) is 0 Å². The number of carbonyl (C=O) groups is 1. The quantitative estimate of drug-likeness (QED) is 0.848. The van der Waals surface area contributed by atoms with Crippen molar-refractivity contribution >= 4 is 5.91 Å². The Hall–Kier alpha value is -1.69. The lowest BCUT2D eigenvalue weighted by Crippen LogP contribution is -2.33. The fourth-order valence-electron chi connectivity index (χ4n) is 2.51. The molecule has 2 N–H and O–H groups in total. The molecular weight excluding hydrogens is 278 g/mol. The van der Waals surface area contributed by atoms with E-state index < -0.39 is 6.61 Å². The van der Waals surface area contributed by atoms with Gasteiger partial charge in [-0.1, -0.05) is 12.1 Å². The number of ether oxygens (including phenoxy) is 1. The zero-order valence-corrected chi connectivity index (χ0v) is 11.8. The number of hydrogen-bond donors (Lipinski definition) is 2. The van der Waals surface area contributed by atoms with Crippen molar-refractivity contribution in [3.05, 3.63) is 29.8 Å². The summed E-state index contributed by atoms with van der Waals surface area (Å²) in [4.78, 5) is 12.0. The van der Waals surface area contributed by atoms with E-state index in [0.717, 1.165) is 32.4 Å². The third kappa shape index (κ3) is 4.97. The van der Waals surface area contributed by atoms with Crippen LogP contribution >= 0.6 is 0 Å². The van der Waals surface area contributed by atoms with Crippen LogP contribution in [0.25, 0.3) is 0 Å². The van der Waals surface area contributed by atoms with Gasteiger partial charge in [0.15, 0.2) is 0 Å². The van der Waals surface area contributed by atoms with Gasteiger partial charge >= 0.3 is 6.61 Å². The third-order valence-electron chi connectivity index (χ3n) is 3.58. The minimum atomic E-state index is -2.94. The Morgan fingerprint density at radius 2 is 2.24 bits per heavy atom. The van der Waals surface area contributed by atoms with Crippen LogP contribution in [-0.2, 0) is 0 Å². The number of amides is 1. The van der Waals surface area contributed by atoms with Crippen molar-refractivity contribution in [2.75, 3.05) is 19.6 Å². The van der Waals surface area contributed by atoms with E-state index >= 15 is 0 Å². The van der Waals surface area contributed by atoms with E-state index in [4.69, 9.17) is 0 Å². The molecule has 1 aromatic rings. The van der Waals surface area contributed by atoms with Crippen LogP contribution in [0.5, 0.6) is 5.75 Å². The van der Waals surface area contributed by atoms with Crippen LogP contribution in [-0.4, -0.2) is 32.2 Å². The molecule has 4 nitrogen and oxygen atoms in total. The SMILES string of the molecule is O=C(NCCC1CCCNC1)c1ccccc1OC(F)F. The van der Waals surface area contributed by atoms with E-state index in [-0.39, 0.29) is 17.2 Å². The van der Waals surface area contributed by atoms with E-state index in [1.165, 1.54) is 12.1 Å². The normalized spacial score (nSPS) is 18.5. The Morgan fingerprint density at radius 1 is 1.43 bits per heavy atom. The highest BCUT2D eigenvalue weighted by molar-refractivity contribution is 5.96. The van der Waals surface area contributed by atoms with E-state index in [0.29, 0.717) is 12.5 Å². The van der Waals surface area contributed by atoms with Crippen molar-refractivity contribution in [2.24, 2.45) is 5.92 Å². The maximum absolute atomic E-state index is 12.3. The molecule has 0 aliphatic carbocycles. The third-order valence-corrected chi connectivity index (χ3v) is 3.58. The highest BCUT2D eigenvalue weighted by Crippen LogP contribution is 2.20. The smallest absolute Gasteiger partial charge is 0.387 e. The molecule has 6 heteroatoms. The Kier molecular flexibility index (Phi) is 5.92. The average Bonchev–Trinajstić information content (AvgIpc) is 2.48. The molecule has 0 bridgehead atoms. The van der Waals surface area contributed by atoms with Gasteiger partial charge in [-0.15, -0.1) is 0 Å². The number of carbonyl (C=O) groups excluding carboxylic acids is 1. The second-order valence-corrected chi connectivity index (χ2v) is 5.13. The van der Waals surface area contributed by atoms with Crippen LogP contribution < -0.4 is 15.4 Å². The molecule has 0 aromatic heterocycles. The van der Waals surface area contributed by atoms with Gasteiger partial charge in [0.05, 0.1) is 5.56 Å². The summed E-state index contributed by atoms with van der Waals surface area (Å²) in [5.41, 5.74) is 0.138. The lowest BCUT2D eigenvalue weighted by molar-refractivity contribution is -0.0501. The van der Waals surface area contributed by atoms with Gasteiger partial charge in [-0.2, -0.15) is 8.78 Å². The van der Waals surface area contributed by atoms with Crippen molar-refractivity contribution in [3.63, 3.8) is 0 Å². The summed E-state index contributed by atoms with van der Waals surface area (Å²) in [7, 11) is 0. The van der Waals surface area contributed by atoms with Gasteiger partial charge in [-0.3, -0.25) is 4.79 Å². The Labute approximate surface area is 122 Å². The van der Waals surface area contributed by atoms with Gasteiger partial charge in [0.2, 0.25) is 0 Å². The highest BCUT2D eigenvalue weighted by atomic mass is 19.3. The van der Waals surface area contributed by atoms with Gasteiger partial charge in [0.25, 0.3) is 5.91 Å². The standard InChI is InChI=1S/C15H20F2N2O2/c16-15(17)21-13-6-2-1-5-12(13)14(20)19-9-7-11-4-3-8-18-10-11/h1-2,5-6,11,15,18H,3-4,7-10H2,(H,19,20). The number of piperidine rings is 1. The summed E-state index contributed by atoms with van der Waals surface area (Å²) in [6, 6.07) is 6.03. The maximum atomic E-state index is 12.3. The fraction of sp³-hybridized carbons (Fsp3) is 0.533. The number of para-hydroxylation sites is 1. The van der Waals surface area contributed by atoms with Crippen LogP contribution in [0.3, 0.4) is 0 Å². The molecule has 1 atom stereocenters. The first kappa shape index (κ1) is 15.7. The molecule has 1 aromatic carbocycles. The Bertz CT molecular complexity index is 463. The second-order valence-electron chi connectivity index (χ2n) is 5.13. The zero-order valence-electron chi connectivity index (χ0n) is 11.8. The molecule has 116 valence electrons. The number of halogens is 2. The fourth-order valence-corrected chi connectivity index (χ4v) is 2.51. The molecule has 1 aliphatic heterocycles. The molecule has 0 spiro atoms. The molecule has 1 aliphatic rings. The molecule has 0 saturated carbocycles. The van der Waals surface area contributed by atoms with Crippen molar-refractivity contribution in [1.29, 1.82) is 0 Å². The van der Waals surface area contributed by atoms with Crippen molar-refractivity contribution in [2.45, 2.75) is 25.9 Å². The van der Waals surface area contributed by atoms with Gasteiger partial charge in [-0.25, -0.2) is 0 Å². The van der Waals surface area contributed by atoms with Crippen molar-refractivity contribution in [1.82, 2.24) is 10.6 Å². The Balaban J connectivity index is 1.85. The van der Waals surface area contributed by atoms with Crippen molar-refractivity contribution < 1.29 is 18.3 Å². The zero-order chi connectivity index (χ0) is 15.1. The predicted octanol–water partition coefficient (Wildman–Crippen LogP) is 2.41. The topological polar surface area (TPSA) is 50.4 Å². The van der Waals surface area contributed by atoms with Crippen LogP contribution in [0.1, 0.15) is 29.6 Å². The molecule has 1 saturated heterocycles. The highest BCUT2D eigenvalue weighted by Gasteiger charge is 2.16. The van der Waals surface area contributed by atoms with Crippen LogP contribution in [0.4, 0.5) is 8.78 Å². The minimum absolute atomic E-state index is 0.0932. The number of hydrogen-bond acceptors (Lipinski definition) is 3. The Morgan fingerprint density at radius 3 is 2.95 bits per heavy atom. The first-order valence-electron chi connectivity index (χ1n) is 7.19.